The summed E-state index contributed by atoms with van der Waals surface area (Å²) in [6.07, 6.45) is 2.37. The number of carbonyl (C=O) groups is 1. The molecule has 2 heterocycles. The number of piperidine rings is 1. The van der Waals surface area contributed by atoms with Crippen LogP contribution in [0.5, 0.6) is 0 Å². The monoisotopic (exact) mass is 447 g/mol. The first-order chi connectivity index (χ1) is 14.5. The molecular formula is C24H27Cl2NO3. The molecule has 6 heteroatoms. The van der Waals surface area contributed by atoms with Crippen molar-refractivity contribution in [2.45, 2.75) is 50.5 Å². The van der Waals surface area contributed by atoms with E-state index in [0.29, 0.717) is 22.7 Å². The van der Waals surface area contributed by atoms with Crippen molar-refractivity contribution >= 4 is 29.2 Å². The van der Waals surface area contributed by atoms with E-state index in [1.165, 1.54) is 0 Å². The Morgan fingerprint density at radius 1 is 1.03 bits per heavy atom. The first kappa shape index (κ1) is 21.6. The lowest BCUT2D eigenvalue weighted by molar-refractivity contribution is -0.164. The molecule has 0 saturated carbocycles. The number of hydrogen-bond acceptors (Lipinski definition) is 4. The van der Waals surface area contributed by atoms with E-state index < -0.39 is 0 Å². The predicted molar refractivity (Wildman–Crippen MR) is 119 cm³/mol. The highest BCUT2D eigenvalue weighted by atomic mass is 35.5. The van der Waals surface area contributed by atoms with Gasteiger partial charge in [-0.3, -0.25) is 9.69 Å². The van der Waals surface area contributed by atoms with Gasteiger partial charge in [-0.1, -0.05) is 47.5 Å². The van der Waals surface area contributed by atoms with Gasteiger partial charge in [-0.15, -0.1) is 0 Å². The van der Waals surface area contributed by atoms with Crippen LogP contribution < -0.4 is 0 Å². The second-order valence-electron chi connectivity index (χ2n) is 8.14. The fraction of sp³-hybridized carbons (Fsp3) is 0.458. The van der Waals surface area contributed by atoms with E-state index >= 15 is 0 Å². The van der Waals surface area contributed by atoms with Crippen molar-refractivity contribution in [3.8, 4) is 0 Å². The number of ether oxygens (including phenoxy) is 2. The van der Waals surface area contributed by atoms with Gasteiger partial charge < -0.3 is 9.47 Å². The van der Waals surface area contributed by atoms with Gasteiger partial charge in [0, 0.05) is 22.1 Å². The molecule has 2 fully saturated rings. The first-order valence-electron chi connectivity index (χ1n) is 10.5. The minimum atomic E-state index is -0.315. The average molecular weight is 448 g/mol. The van der Waals surface area contributed by atoms with Crippen molar-refractivity contribution in [2.24, 2.45) is 5.92 Å². The zero-order valence-electron chi connectivity index (χ0n) is 17.3. The Morgan fingerprint density at radius 3 is 2.13 bits per heavy atom. The van der Waals surface area contributed by atoms with Crippen LogP contribution in [0.25, 0.3) is 0 Å². The number of benzene rings is 2. The number of esters is 1. The zero-order chi connectivity index (χ0) is 21.3. The van der Waals surface area contributed by atoms with Crippen molar-refractivity contribution in [3.05, 3.63) is 69.7 Å². The molecule has 0 aromatic heterocycles. The van der Waals surface area contributed by atoms with E-state index in [-0.39, 0.29) is 30.1 Å². The second kappa shape index (κ2) is 9.27. The maximum atomic E-state index is 12.9. The standard InChI is InChI=1S/C24H27Cl2NO3/c1-3-29-24(28)22-20-13-12-19(27(20)2)14-21(22)30-23(15-4-8-17(25)9-5-15)16-6-10-18(26)11-7-16/h4-11,19-23H,3,12-14H2,1-2H3/t19?,20-,21+,22+/m0/s1. The van der Waals surface area contributed by atoms with E-state index in [2.05, 4.69) is 11.9 Å². The lowest BCUT2D eigenvalue weighted by atomic mass is 9.87. The SMILES string of the molecule is CCOC(=O)[C@H]1[C@H](OC(c2ccc(Cl)cc2)c2ccc(Cl)cc2)CC2CC[C@@H]1N2C. The molecule has 0 radical (unpaired) electrons. The summed E-state index contributed by atoms with van der Waals surface area (Å²) < 4.78 is 12.2. The van der Waals surface area contributed by atoms with E-state index in [9.17, 15) is 4.79 Å². The lowest BCUT2D eigenvalue weighted by Gasteiger charge is -2.42. The average Bonchev–Trinajstić information content (AvgIpc) is 2.97. The Kier molecular flexibility index (Phi) is 6.69. The van der Waals surface area contributed by atoms with Crippen LogP contribution in [0.2, 0.25) is 10.0 Å². The van der Waals surface area contributed by atoms with Crippen LogP contribution in [0.15, 0.2) is 48.5 Å². The molecule has 30 heavy (non-hydrogen) atoms. The zero-order valence-corrected chi connectivity index (χ0v) is 18.8. The quantitative estimate of drug-likeness (QED) is 0.546. The molecule has 0 amide bonds. The topological polar surface area (TPSA) is 38.8 Å². The number of rotatable bonds is 6. The molecule has 2 aromatic carbocycles. The lowest BCUT2D eigenvalue weighted by Crippen LogP contribution is -2.53. The minimum Gasteiger partial charge on any atom is -0.466 e. The van der Waals surface area contributed by atoms with Crippen LogP contribution in [-0.4, -0.2) is 42.7 Å². The molecule has 1 unspecified atom stereocenters. The molecule has 2 aliphatic heterocycles. The summed E-state index contributed by atoms with van der Waals surface area (Å²) in [6.45, 7) is 2.22. The molecule has 4 atom stereocenters. The normalized spacial score (nSPS) is 26.2. The highest BCUT2D eigenvalue weighted by molar-refractivity contribution is 6.30. The highest BCUT2D eigenvalue weighted by Crippen LogP contribution is 2.42. The van der Waals surface area contributed by atoms with Crippen LogP contribution >= 0.6 is 23.2 Å². The Morgan fingerprint density at radius 2 is 1.60 bits per heavy atom. The van der Waals surface area contributed by atoms with Crippen LogP contribution in [0.3, 0.4) is 0 Å². The van der Waals surface area contributed by atoms with Gasteiger partial charge in [0.2, 0.25) is 0 Å². The van der Waals surface area contributed by atoms with Crippen molar-refractivity contribution in [1.82, 2.24) is 4.90 Å². The second-order valence-corrected chi connectivity index (χ2v) is 9.01. The van der Waals surface area contributed by atoms with Gasteiger partial charge in [0.15, 0.2) is 0 Å². The van der Waals surface area contributed by atoms with E-state index in [0.717, 1.165) is 30.4 Å². The molecule has 4 rings (SSSR count). The van der Waals surface area contributed by atoms with Gasteiger partial charge in [0.1, 0.15) is 6.10 Å². The largest absolute Gasteiger partial charge is 0.466 e. The van der Waals surface area contributed by atoms with Gasteiger partial charge in [-0.2, -0.15) is 0 Å². The van der Waals surface area contributed by atoms with E-state index in [4.69, 9.17) is 32.7 Å². The van der Waals surface area contributed by atoms with Crippen LogP contribution in [0.4, 0.5) is 0 Å². The summed E-state index contributed by atoms with van der Waals surface area (Å²) >= 11 is 12.2. The third kappa shape index (κ3) is 4.38. The van der Waals surface area contributed by atoms with Crippen molar-refractivity contribution < 1.29 is 14.3 Å². The summed E-state index contributed by atoms with van der Waals surface area (Å²) in [7, 11) is 2.11. The summed E-state index contributed by atoms with van der Waals surface area (Å²) in [5.74, 6) is -0.457. The predicted octanol–water partition coefficient (Wildman–Crippen LogP) is 5.51. The molecule has 160 valence electrons. The smallest absolute Gasteiger partial charge is 0.313 e. The van der Waals surface area contributed by atoms with E-state index in [1.807, 2.05) is 55.5 Å². The number of fused-ring (bicyclic) bond motifs is 2. The summed E-state index contributed by atoms with van der Waals surface area (Å²) in [4.78, 5) is 15.3. The van der Waals surface area contributed by atoms with Gasteiger partial charge in [-0.25, -0.2) is 0 Å². The van der Waals surface area contributed by atoms with Gasteiger partial charge in [0.25, 0.3) is 0 Å². The fourth-order valence-electron chi connectivity index (χ4n) is 4.91. The number of hydrogen-bond donors (Lipinski definition) is 0. The molecule has 2 bridgehead atoms. The third-order valence-corrected chi connectivity index (χ3v) is 6.93. The third-order valence-electron chi connectivity index (χ3n) is 6.43. The Balaban J connectivity index is 1.67. The number of halogens is 2. The van der Waals surface area contributed by atoms with Crippen LogP contribution in [-0.2, 0) is 14.3 Å². The highest BCUT2D eigenvalue weighted by Gasteiger charge is 2.50. The molecule has 2 saturated heterocycles. The van der Waals surface area contributed by atoms with Gasteiger partial charge in [-0.05, 0) is 68.6 Å². The summed E-state index contributed by atoms with van der Waals surface area (Å²) in [5.41, 5.74) is 1.99. The van der Waals surface area contributed by atoms with Crippen molar-refractivity contribution in [3.63, 3.8) is 0 Å². The number of nitrogens with zero attached hydrogens (tertiary/aromatic N) is 1. The maximum absolute atomic E-state index is 12.9. The van der Waals surface area contributed by atoms with Crippen LogP contribution in [0, 0.1) is 5.92 Å². The number of carbonyl (C=O) groups excluding carboxylic acids is 1. The molecular weight excluding hydrogens is 421 g/mol. The Hall–Kier alpha value is -1.59. The molecule has 2 aliphatic rings. The van der Waals surface area contributed by atoms with Gasteiger partial charge in [0.05, 0.1) is 18.6 Å². The van der Waals surface area contributed by atoms with Gasteiger partial charge >= 0.3 is 5.97 Å². The summed E-state index contributed by atoms with van der Waals surface area (Å²) in [6, 6.07) is 16.0. The van der Waals surface area contributed by atoms with Crippen LogP contribution in [0.1, 0.15) is 43.4 Å². The molecule has 2 aromatic rings. The molecule has 0 aliphatic carbocycles. The van der Waals surface area contributed by atoms with Crippen molar-refractivity contribution in [2.75, 3.05) is 13.7 Å². The molecule has 4 nitrogen and oxygen atoms in total. The minimum absolute atomic E-state index is 0.156. The fourth-order valence-corrected chi connectivity index (χ4v) is 5.16. The van der Waals surface area contributed by atoms with Crippen molar-refractivity contribution in [1.29, 1.82) is 0 Å². The first-order valence-corrected chi connectivity index (χ1v) is 11.3. The molecule has 0 spiro atoms. The Labute approximate surface area is 188 Å². The van der Waals surface area contributed by atoms with E-state index in [1.54, 1.807) is 0 Å². The maximum Gasteiger partial charge on any atom is 0.313 e. The molecule has 0 N–H and O–H groups in total. The Bertz CT molecular complexity index is 826. The summed E-state index contributed by atoms with van der Waals surface area (Å²) in [5, 5.41) is 1.35.